The summed E-state index contributed by atoms with van der Waals surface area (Å²) in [7, 11) is -3.23. The second-order valence-electron chi connectivity index (χ2n) is 6.29. The van der Waals surface area contributed by atoms with Gasteiger partial charge in [-0.1, -0.05) is 12.1 Å². The number of nitrogens with zero attached hydrogens (tertiary/aromatic N) is 2. The molecule has 0 bridgehead atoms. The van der Waals surface area contributed by atoms with Gasteiger partial charge in [-0.15, -0.1) is 0 Å². The highest BCUT2D eigenvalue weighted by molar-refractivity contribution is 7.93. The first-order chi connectivity index (χ1) is 13.4. The second kappa shape index (κ2) is 8.26. The summed E-state index contributed by atoms with van der Waals surface area (Å²) in [5.41, 5.74) is 1.44. The lowest BCUT2D eigenvalue weighted by Gasteiger charge is -2.17. The van der Waals surface area contributed by atoms with Crippen LogP contribution in [0.3, 0.4) is 0 Å². The molecular weight excluding hydrogens is 384 g/mol. The van der Waals surface area contributed by atoms with Gasteiger partial charge in [-0.3, -0.25) is 19.2 Å². The lowest BCUT2D eigenvalue weighted by molar-refractivity contribution is -0.384. The second-order valence-corrected chi connectivity index (χ2v) is 8.30. The number of hydrogen-bond acceptors (Lipinski definition) is 6. The third kappa shape index (κ3) is 4.58. The molecule has 1 fully saturated rings. The van der Waals surface area contributed by atoms with Crippen LogP contribution in [0, 0.1) is 10.1 Å². The van der Waals surface area contributed by atoms with Gasteiger partial charge in [-0.25, -0.2) is 8.42 Å². The number of hydrogen-bond donors (Lipinski definition) is 2. The molecule has 2 aromatic rings. The molecule has 1 amide bonds. The number of benzene rings is 2. The average Bonchev–Trinajstić information content (AvgIpc) is 3.02. The predicted octanol–water partition coefficient (Wildman–Crippen LogP) is 2.58. The fourth-order valence-electron chi connectivity index (χ4n) is 2.96. The van der Waals surface area contributed by atoms with Gasteiger partial charge in [0.15, 0.2) is 0 Å². The van der Waals surface area contributed by atoms with Crippen molar-refractivity contribution in [1.82, 2.24) is 0 Å². The summed E-state index contributed by atoms with van der Waals surface area (Å²) < 4.78 is 25.2. The van der Waals surface area contributed by atoms with Crippen molar-refractivity contribution in [2.45, 2.75) is 12.8 Å². The first kappa shape index (κ1) is 19.6. The Kier molecular flexibility index (Phi) is 5.78. The zero-order valence-electron chi connectivity index (χ0n) is 15.0. The minimum atomic E-state index is -3.23. The van der Waals surface area contributed by atoms with Crippen LogP contribution in [0.25, 0.3) is 0 Å². The van der Waals surface area contributed by atoms with Gasteiger partial charge in [0.05, 0.1) is 16.4 Å². The summed E-state index contributed by atoms with van der Waals surface area (Å²) in [6, 6.07) is 12.8. The Hall–Kier alpha value is -3.14. The van der Waals surface area contributed by atoms with Gasteiger partial charge in [0, 0.05) is 31.3 Å². The molecule has 3 rings (SSSR count). The largest absolute Gasteiger partial charge is 0.379 e. The minimum absolute atomic E-state index is 0.0460. The van der Waals surface area contributed by atoms with Gasteiger partial charge < -0.3 is 10.6 Å². The molecule has 0 aliphatic carbocycles. The number of nitro benzene ring substituents is 1. The third-order valence-corrected chi connectivity index (χ3v) is 6.18. The molecule has 10 heteroatoms. The number of sulfonamides is 1. The Morgan fingerprint density at radius 2 is 1.86 bits per heavy atom. The number of nitrogens with one attached hydrogen (secondary N) is 2. The highest BCUT2D eigenvalue weighted by Crippen LogP contribution is 2.25. The first-order valence-electron chi connectivity index (χ1n) is 8.74. The van der Waals surface area contributed by atoms with Crippen LogP contribution in [0.1, 0.15) is 12.8 Å². The van der Waals surface area contributed by atoms with Crippen LogP contribution < -0.4 is 14.9 Å². The SMILES string of the molecule is O=C(CCNc1ccccc1[N+](=O)[O-])Nc1ccc(N2CCCS2(=O)=O)cc1. The summed E-state index contributed by atoms with van der Waals surface area (Å²) in [6.45, 7) is 0.701. The number of para-hydroxylation sites is 2. The number of carbonyl (C=O) groups excluding carboxylic acids is 1. The van der Waals surface area contributed by atoms with E-state index in [9.17, 15) is 23.3 Å². The fourth-order valence-corrected chi connectivity index (χ4v) is 4.52. The van der Waals surface area contributed by atoms with Gasteiger partial charge in [-0.2, -0.15) is 0 Å². The van der Waals surface area contributed by atoms with Crippen molar-refractivity contribution in [3.05, 3.63) is 58.6 Å². The topological polar surface area (TPSA) is 122 Å². The van der Waals surface area contributed by atoms with E-state index in [4.69, 9.17) is 0 Å². The van der Waals surface area contributed by atoms with Crippen LogP contribution in [-0.2, 0) is 14.8 Å². The normalized spacial score (nSPS) is 15.2. The van der Waals surface area contributed by atoms with E-state index in [1.807, 2.05) is 0 Å². The van der Waals surface area contributed by atoms with E-state index >= 15 is 0 Å². The fraction of sp³-hybridized carbons (Fsp3) is 0.278. The molecule has 148 valence electrons. The molecule has 0 spiro atoms. The van der Waals surface area contributed by atoms with Crippen LogP contribution in [0.4, 0.5) is 22.7 Å². The van der Waals surface area contributed by atoms with E-state index in [1.54, 1.807) is 42.5 Å². The molecule has 1 saturated heterocycles. The van der Waals surface area contributed by atoms with Gasteiger partial charge in [-0.05, 0) is 36.8 Å². The lowest BCUT2D eigenvalue weighted by atomic mass is 10.2. The van der Waals surface area contributed by atoms with Crippen LogP contribution in [0.2, 0.25) is 0 Å². The number of amides is 1. The standard InChI is InChI=1S/C18H20N4O5S/c23-18(10-11-19-16-4-1-2-5-17(16)22(24)25)20-14-6-8-15(9-7-14)21-12-3-13-28(21,26)27/h1-2,4-9,19H,3,10-13H2,(H,20,23). The van der Waals surface area contributed by atoms with Gasteiger partial charge in [0.1, 0.15) is 5.69 Å². The third-order valence-electron chi connectivity index (χ3n) is 4.31. The Labute approximate surface area is 162 Å². The van der Waals surface area contributed by atoms with Crippen molar-refractivity contribution in [1.29, 1.82) is 0 Å². The Morgan fingerprint density at radius 1 is 1.14 bits per heavy atom. The molecule has 0 radical (unpaired) electrons. The monoisotopic (exact) mass is 404 g/mol. The van der Waals surface area contributed by atoms with Crippen LogP contribution in [-0.4, -0.2) is 38.1 Å². The van der Waals surface area contributed by atoms with E-state index in [0.717, 1.165) is 0 Å². The van der Waals surface area contributed by atoms with Crippen molar-refractivity contribution in [2.75, 3.05) is 33.8 Å². The van der Waals surface area contributed by atoms with E-state index in [-0.39, 0.29) is 30.3 Å². The molecule has 1 aliphatic rings. The van der Waals surface area contributed by atoms with E-state index in [1.165, 1.54) is 10.4 Å². The average molecular weight is 404 g/mol. The molecule has 0 atom stereocenters. The van der Waals surface area contributed by atoms with Crippen LogP contribution in [0.15, 0.2) is 48.5 Å². The molecule has 9 nitrogen and oxygen atoms in total. The van der Waals surface area contributed by atoms with Gasteiger partial charge in [0.25, 0.3) is 5.69 Å². The van der Waals surface area contributed by atoms with Crippen molar-refractivity contribution in [2.24, 2.45) is 0 Å². The van der Waals surface area contributed by atoms with Crippen molar-refractivity contribution < 1.29 is 18.1 Å². The maximum Gasteiger partial charge on any atom is 0.292 e. The summed E-state index contributed by atoms with van der Waals surface area (Å²) in [4.78, 5) is 22.6. The number of nitro groups is 1. The predicted molar refractivity (Wildman–Crippen MR) is 107 cm³/mol. The summed E-state index contributed by atoms with van der Waals surface area (Å²) in [5, 5.41) is 16.6. The van der Waals surface area contributed by atoms with Crippen molar-refractivity contribution >= 4 is 38.7 Å². The summed E-state index contributed by atoms with van der Waals surface area (Å²) >= 11 is 0. The molecule has 2 aromatic carbocycles. The zero-order valence-corrected chi connectivity index (χ0v) is 15.8. The molecule has 0 unspecified atom stereocenters. The Balaban J connectivity index is 1.52. The Bertz CT molecular complexity index is 976. The highest BCUT2D eigenvalue weighted by Gasteiger charge is 2.28. The Morgan fingerprint density at radius 3 is 2.50 bits per heavy atom. The number of anilines is 3. The summed E-state index contributed by atoms with van der Waals surface area (Å²) in [6.07, 6.45) is 0.724. The van der Waals surface area contributed by atoms with Crippen molar-refractivity contribution in [3.63, 3.8) is 0 Å². The van der Waals surface area contributed by atoms with Crippen molar-refractivity contribution in [3.8, 4) is 0 Å². The lowest BCUT2D eigenvalue weighted by Crippen LogP contribution is -2.25. The molecular formula is C18H20N4O5S. The minimum Gasteiger partial charge on any atom is -0.379 e. The highest BCUT2D eigenvalue weighted by atomic mass is 32.2. The maximum absolute atomic E-state index is 12.1. The molecule has 0 saturated carbocycles. The molecule has 1 heterocycles. The van der Waals surface area contributed by atoms with Crippen LogP contribution >= 0.6 is 0 Å². The molecule has 0 aromatic heterocycles. The summed E-state index contributed by atoms with van der Waals surface area (Å²) in [5.74, 6) is -0.106. The van der Waals surface area contributed by atoms with E-state index < -0.39 is 14.9 Å². The quantitative estimate of drug-likeness (QED) is 0.540. The molecule has 2 N–H and O–H groups in total. The van der Waals surface area contributed by atoms with Gasteiger partial charge in [0.2, 0.25) is 15.9 Å². The molecule has 28 heavy (non-hydrogen) atoms. The molecule has 1 aliphatic heterocycles. The van der Waals surface area contributed by atoms with E-state index in [0.29, 0.717) is 30.0 Å². The van der Waals surface area contributed by atoms with E-state index in [2.05, 4.69) is 10.6 Å². The first-order valence-corrected chi connectivity index (χ1v) is 10.4. The van der Waals surface area contributed by atoms with Gasteiger partial charge >= 0.3 is 0 Å². The maximum atomic E-state index is 12.1. The number of rotatable bonds is 7. The number of carbonyl (C=O) groups is 1. The smallest absolute Gasteiger partial charge is 0.292 e. The zero-order chi connectivity index (χ0) is 20.1. The van der Waals surface area contributed by atoms with Crippen LogP contribution in [0.5, 0.6) is 0 Å².